The van der Waals surface area contributed by atoms with Crippen molar-refractivity contribution in [2.24, 2.45) is 5.16 Å². The highest BCUT2D eigenvalue weighted by Crippen LogP contribution is 2.40. The van der Waals surface area contributed by atoms with Crippen LogP contribution in [0.5, 0.6) is 0 Å². The fraction of sp³-hybridized carbons (Fsp3) is 0.304. The number of nitrogens with one attached hydrogen (secondary N) is 1. The number of nitrogens with zero attached hydrogens (tertiary/aromatic N) is 5. The van der Waals surface area contributed by atoms with Crippen LogP contribution >= 0.6 is 23.1 Å². The van der Waals surface area contributed by atoms with E-state index in [1.165, 1.54) is 16.7 Å². The van der Waals surface area contributed by atoms with Crippen molar-refractivity contribution in [2.75, 3.05) is 18.1 Å². The molecule has 2 aliphatic rings. The Balaban J connectivity index is 1.36. The lowest BCUT2D eigenvalue weighted by molar-refractivity contribution is -0.662. The Morgan fingerprint density at radius 2 is 2.22 bits per heavy atom. The van der Waals surface area contributed by atoms with Gasteiger partial charge in [0.2, 0.25) is 0 Å². The number of amides is 2. The SMILES string of the molecule is CCCO/N=C(\C(=O)N[C@@H]1C(=O)N2C(C(=O)O)=C(C[n+]3ccn4ccccc43)CS[C@@H]12)c1csc(N)n1. The summed E-state index contributed by atoms with van der Waals surface area (Å²) in [6.07, 6.45) is 6.35. The number of hydrogen-bond acceptors (Lipinski definition) is 9. The van der Waals surface area contributed by atoms with Crippen molar-refractivity contribution in [1.82, 2.24) is 19.6 Å². The molecule has 0 unspecified atom stereocenters. The Hall–Kier alpha value is -3.91. The van der Waals surface area contributed by atoms with Crippen LogP contribution in [0.1, 0.15) is 19.0 Å². The zero-order valence-corrected chi connectivity index (χ0v) is 21.4. The number of oxime groups is 1. The number of thiazole rings is 1. The van der Waals surface area contributed by atoms with E-state index < -0.39 is 29.2 Å². The molecule has 14 heteroatoms. The van der Waals surface area contributed by atoms with Crippen molar-refractivity contribution in [3.8, 4) is 0 Å². The van der Waals surface area contributed by atoms with Gasteiger partial charge in [0, 0.05) is 22.8 Å². The molecule has 3 aromatic heterocycles. The lowest BCUT2D eigenvalue weighted by Gasteiger charge is -2.49. The van der Waals surface area contributed by atoms with Gasteiger partial charge in [0.05, 0.1) is 6.20 Å². The summed E-state index contributed by atoms with van der Waals surface area (Å²) in [7, 11) is 0. The van der Waals surface area contributed by atoms with Crippen LogP contribution in [-0.2, 0) is 25.8 Å². The number of carbonyl (C=O) groups is 3. The molecule has 5 heterocycles. The molecule has 1 saturated heterocycles. The Morgan fingerprint density at radius 3 is 2.95 bits per heavy atom. The molecule has 0 radical (unpaired) electrons. The number of thioether (sulfide) groups is 1. The first kappa shape index (κ1) is 24.8. The van der Waals surface area contributed by atoms with Crippen LogP contribution in [0.25, 0.3) is 5.65 Å². The Kier molecular flexibility index (Phi) is 6.84. The van der Waals surface area contributed by atoms with E-state index in [1.54, 1.807) is 5.38 Å². The summed E-state index contributed by atoms with van der Waals surface area (Å²) in [6.45, 7) is 2.52. The topological polar surface area (TPSA) is 156 Å². The summed E-state index contributed by atoms with van der Waals surface area (Å²) in [4.78, 5) is 49.0. The maximum absolute atomic E-state index is 13.1. The van der Waals surface area contributed by atoms with Gasteiger partial charge in [-0.2, -0.15) is 0 Å². The highest BCUT2D eigenvalue weighted by molar-refractivity contribution is 8.00. The molecule has 0 saturated carbocycles. The molecular formula is C23H24N7O5S2+. The molecule has 0 aromatic carbocycles. The van der Waals surface area contributed by atoms with E-state index in [0.29, 0.717) is 30.9 Å². The lowest BCUT2D eigenvalue weighted by Crippen LogP contribution is -2.71. The Bertz CT molecular complexity index is 1450. The zero-order valence-electron chi connectivity index (χ0n) is 19.7. The van der Waals surface area contributed by atoms with E-state index in [9.17, 15) is 19.5 Å². The normalized spacial score (nSPS) is 19.5. The average Bonchev–Trinajstić information content (AvgIpc) is 3.50. The summed E-state index contributed by atoms with van der Waals surface area (Å²) in [5.74, 6) is -1.94. The first-order chi connectivity index (χ1) is 17.9. The predicted octanol–water partition coefficient (Wildman–Crippen LogP) is 0.835. The summed E-state index contributed by atoms with van der Waals surface area (Å²) in [5, 5.41) is 17.9. The number of carbonyl (C=O) groups excluding carboxylic acids is 2. The largest absolute Gasteiger partial charge is 0.477 e. The number of nitrogens with two attached hydrogens (primary N) is 1. The van der Waals surface area contributed by atoms with Gasteiger partial charge < -0.3 is 21.0 Å². The summed E-state index contributed by atoms with van der Waals surface area (Å²) in [6, 6.07) is 4.83. The first-order valence-corrected chi connectivity index (χ1v) is 13.4. The number of rotatable bonds is 9. The molecule has 5 rings (SSSR count). The molecule has 0 aliphatic carbocycles. The predicted molar refractivity (Wildman–Crippen MR) is 137 cm³/mol. The summed E-state index contributed by atoms with van der Waals surface area (Å²) < 4.78 is 3.86. The van der Waals surface area contributed by atoms with Gasteiger partial charge in [0.15, 0.2) is 10.8 Å². The standard InChI is InChI=1S/C23H23N7O5S2/c1-2-9-35-27-16(14-12-37-23(24)25-14)19(31)26-17-20(32)30-18(22(33)34)13(11-36-21(17)30)10-29-8-7-28-6-4-3-5-15(28)29/h3-8,12,17,21H,2,9-11H2,1H3,(H3-,24,25,26,31,33,34)/p+1/b27-16-/t17-,21+/m1/s1. The number of carboxylic acid groups (broad SMARTS) is 1. The fourth-order valence-electron chi connectivity index (χ4n) is 4.20. The number of nitrogen functional groups attached to an aromatic ring is 1. The molecule has 2 amide bonds. The van der Waals surface area contributed by atoms with Gasteiger partial charge in [-0.1, -0.05) is 18.1 Å². The Labute approximate surface area is 219 Å². The molecule has 12 nitrogen and oxygen atoms in total. The fourth-order valence-corrected chi connectivity index (χ4v) is 6.08. The molecule has 4 N–H and O–H groups in total. The number of hydrogen-bond donors (Lipinski definition) is 3. The number of imidazole rings is 1. The molecule has 3 aromatic rings. The van der Waals surface area contributed by atoms with Crippen molar-refractivity contribution in [3.05, 3.63) is 59.1 Å². The van der Waals surface area contributed by atoms with Crippen molar-refractivity contribution >= 4 is 57.4 Å². The quantitative estimate of drug-likeness (QED) is 0.118. The van der Waals surface area contributed by atoms with E-state index in [1.807, 2.05) is 52.7 Å². The molecule has 2 aliphatic heterocycles. The van der Waals surface area contributed by atoms with Crippen molar-refractivity contribution < 1.29 is 28.9 Å². The van der Waals surface area contributed by atoms with Crippen LogP contribution in [0.2, 0.25) is 0 Å². The third kappa shape index (κ3) is 4.64. The van der Waals surface area contributed by atoms with E-state index in [4.69, 9.17) is 10.6 Å². The van der Waals surface area contributed by atoms with E-state index >= 15 is 0 Å². The highest BCUT2D eigenvalue weighted by atomic mass is 32.2. The number of aliphatic carboxylic acids is 1. The van der Waals surface area contributed by atoms with E-state index in [2.05, 4.69) is 15.5 Å². The minimum absolute atomic E-state index is 0.0468. The van der Waals surface area contributed by atoms with Crippen molar-refractivity contribution in [2.45, 2.75) is 31.3 Å². The van der Waals surface area contributed by atoms with Crippen LogP contribution in [0, 0.1) is 0 Å². The number of carboxylic acids is 1. The van der Waals surface area contributed by atoms with Gasteiger partial charge in [-0.15, -0.1) is 23.1 Å². The molecule has 192 valence electrons. The van der Waals surface area contributed by atoms with E-state index in [-0.39, 0.29) is 22.2 Å². The van der Waals surface area contributed by atoms with Gasteiger partial charge in [-0.25, -0.2) is 18.7 Å². The van der Waals surface area contributed by atoms with Gasteiger partial charge in [-0.05, 0) is 12.5 Å². The zero-order chi connectivity index (χ0) is 26.1. The van der Waals surface area contributed by atoms with Crippen molar-refractivity contribution in [3.63, 3.8) is 0 Å². The molecule has 2 atom stereocenters. The number of β-lactam (4-membered cyclic amide) rings is 1. The van der Waals surface area contributed by atoms with E-state index in [0.717, 1.165) is 17.0 Å². The second-order valence-electron chi connectivity index (χ2n) is 8.35. The molecule has 37 heavy (non-hydrogen) atoms. The maximum atomic E-state index is 13.1. The van der Waals surface area contributed by atoms with Crippen molar-refractivity contribution in [1.29, 1.82) is 0 Å². The lowest BCUT2D eigenvalue weighted by atomic mass is 10.0. The number of pyridine rings is 1. The van der Waals surface area contributed by atoms with Crippen LogP contribution in [0.15, 0.2) is 58.6 Å². The van der Waals surface area contributed by atoms with Crippen LogP contribution in [0.3, 0.4) is 0 Å². The van der Waals surface area contributed by atoms with Gasteiger partial charge >= 0.3 is 5.97 Å². The van der Waals surface area contributed by atoms with Gasteiger partial charge in [0.1, 0.15) is 48.4 Å². The Morgan fingerprint density at radius 1 is 1.38 bits per heavy atom. The average molecular weight is 543 g/mol. The second kappa shape index (κ2) is 10.2. The number of aromatic nitrogens is 3. The minimum atomic E-state index is -1.18. The van der Waals surface area contributed by atoms with Gasteiger partial charge in [-0.3, -0.25) is 14.5 Å². The second-order valence-corrected chi connectivity index (χ2v) is 10.3. The number of anilines is 1. The summed E-state index contributed by atoms with van der Waals surface area (Å²) in [5.41, 5.74) is 7.31. The van der Waals surface area contributed by atoms with Crippen LogP contribution < -0.4 is 15.6 Å². The maximum Gasteiger partial charge on any atom is 0.352 e. The van der Waals surface area contributed by atoms with Gasteiger partial charge in [0.25, 0.3) is 17.5 Å². The molecule has 0 bridgehead atoms. The molecule has 1 fully saturated rings. The third-order valence-corrected chi connectivity index (χ3v) is 7.91. The minimum Gasteiger partial charge on any atom is -0.477 e. The third-order valence-electron chi connectivity index (χ3n) is 5.90. The highest BCUT2D eigenvalue weighted by Gasteiger charge is 2.54. The monoisotopic (exact) mass is 542 g/mol. The number of fused-ring (bicyclic) bond motifs is 2. The molecular weight excluding hydrogens is 518 g/mol. The van der Waals surface area contributed by atoms with Crippen LogP contribution in [0.4, 0.5) is 5.13 Å². The smallest absolute Gasteiger partial charge is 0.352 e. The first-order valence-electron chi connectivity index (χ1n) is 11.5. The summed E-state index contributed by atoms with van der Waals surface area (Å²) >= 11 is 2.55. The van der Waals surface area contributed by atoms with Crippen LogP contribution in [-0.4, -0.2) is 66.7 Å². The molecule has 0 spiro atoms.